The van der Waals surface area contributed by atoms with E-state index in [4.69, 9.17) is 0 Å². The highest BCUT2D eigenvalue weighted by molar-refractivity contribution is 5.99. The molecule has 2 rings (SSSR count). The number of aromatic nitrogens is 1. The van der Waals surface area contributed by atoms with Crippen molar-refractivity contribution < 1.29 is 27.5 Å². The molecule has 0 unspecified atom stereocenters. The summed E-state index contributed by atoms with van der Waals surface area (Å²) in [7, 11) is 0. The van der Waals surface area contributed by atoms with Crippen LogP contribution in [-0.2, 0) is 4.79 Å². The zero-order valence-corrected chi connectivity index (χ0v) is 14.7. The zero-order valence-electron chi connectivity index (χ0n) is 14.7. The van der Waals surface area contributed by atoms with Crippen LogP contribution in [0.5, 0.6) is 5.88 Å². The van der Waals surface area contributed by atoms with E-state index in [2.05, 4.69) is 20.4 Å². The Hall–Kier alpha value is -3.10. The van der Waals surface area contributed by atoms with Gasteiger partial charge in [0.25, 0.3) is 5.91 Å². The van der Waals surface area contributed by atoms with Gasteiger partial charge in [0.2, 0.25) is 11.8 Å². The third-order valence-electron chi connectivity index (χ3n) is 3.54. The van der Waals surface area contributed by atoms with Gasteiger partial charge in [-0.2, -0.15) is 13.2 Å². The number of rotatable bonds is 6. The summed E-state index contributed by atoms with van der Waals surface area (Å²) in [5, 5.41) is 5.15. The van der Waals surface area contributed by atoms with Gasteiger partial charge in [-0.1, -0.05) is 18.2 Å². The van der Waals surface area contributed by atoms with Crippen LogP contribution in [0, 0.1) is 13.8 Å². The lowest BCUT2D eigenvalue weighted by atomic mass is 10.1. The van der Waals surface area contributed by atoms with Crippen molar-refractivity contribution in [1.82, 2.24) is 10.3 Å². The second-order valence-corrected chi connectivity index (χ2v) is 5.79. The third kappa shape index (κ3) is 6.28. The van der Waals surface area contributed by atoms with Gasteiger partial charge in [-0.3, -0.25) is 9.59 Å². The second-order valence-electron chi connectivity index (χ2n) is 5.79. The van der Waals surface area contributed by atoms with Gasteiger partial charge in [-0.25, -0.2) is 4.98 Å². The van der Waals surface area contributed by atoms with E-state index in [1.54, 1.807) is 0 Å². The molecule has 0 fully saturated rings. The third-order valence-corrected chi connectivity index (χ3v) is 3.54. The number of ether oxygens (including phenoxy) is 1. The molecule has 0 aliphatic carbocycles. The fourth-order valence-electron chi connectivity index (χ4n) is 2.21. The molecule has 144 valence electrons. The monoisotopic (exact) mass is 381 g/mol. The van der Waals surface area contributed by atoms with Crippen LogP contribution >= 0.6 is 0 Å². The van der Waals surface area contributed by atoms with Crippen LogP contribution in [0.1, 0.15) is 21.5 Å². The Balaban J connectivity index is 1.87. The van der Waals surface area contributed by atoms with E-state index in [-0.39, 0.29) is 18.0 Å². The lowest BCUT2D eigenvalue weighted by molar-refractivity contribution is -0.154. The van der Waals surface area contributed by atoms with Gasteiger partial charge >= 0.3 is 6.18 Å². The molecule has 0 aliphatic heterocycles. The Morgan fingerprint density at radius 3 is 2.33 bits per heavy atom. The van der Waals surface area contributed by atoms with Gasteiger partial charge in [0.1, 0.15) is 0 Å². The van der Waals surface area contributed by atoms with Crippen LogP contribution in [0.4, 0.5) is 18.9 Å². The highest BCUT2D eigenvalue weighted by atomic mass is 19.4. The standard InChI is InChI=1S/C18H18F3N3O3/c1-11-4-3-5-12(2)16(11)24-14(25)9-23-17(26)13-6-7-15(22-8-13)27-10-18(19,20)21/h3-8H,9-10H2,1-2H3,(H,23,26)(H,24,25). The average Bonchev–Trinajstić information content (AvgIpc) is 2.61. The number of alkyl halides is 3. The average molecular weight is 381 g/mol. The quantitative estimate of drug-likeness (QED) is 0.806. The summed E-state index contributed by atoms with van der Waals surface area (Å²) >= 11 is 0. The summed E-state index contributed by atoms with van der Waals surface area (Å²) in [5.41, 5.74) is 2.57. The number of nitrogens with one attached hydrogen (secondary N) is 2. The number of hydrogen-bond acceptors (Lipinski definition) is 4. The Labute approximate surface area is 153 Å². The number of nitrogens with zero attached hydrogens (tertiary/aromatic N) is 1. The van der Waals surface area contributed by atoms with E-state index < -0.39 is 24.6 Å². The fraction of sp³-hybridized carbons (Fsp3) is 0.278. The number of halogens is 3. The number of carbonyl (C=O) groups is 2. The predicted octanol–water partition coefficient (Wildman–Crippen LogP) is 3.01. The molecule has 0 saturated carbocycles. The van der Waals surface area contributed by atoms with Crippen LogP contribution in [0.15, 0.2) is 36.5 Å². The molecule has 1 aromatic heterocycles. The Morgan fingerprint density at radius 1 is 1.11 bits per heavy atom. The van der Waals surface area contributed by atoms with E-state index in [0.29, 0.717) is 5.69 Å². The molecule has 0 spiro atoms. The van der Waals surface area contributed by atoms with Crippen molar-refractivity contribution in [1.29, 1.82) is 0 Å². The van der Waals surface area contributed by atoms with Crippen molar-refractivity contribution in [3.63, 3.8) is 0 Å². The molecule has 6 nitrogen and oxygen atoms in total. The van der Waals surface area contributed by atoms with Gasteiger partial charge in [0, 0.05) is 18.0 Å². The molecular weight excluding hydrogens is 363 g/mol. The highest BCUT2D eigenvalue weighted by Crippen LogP contribution is 2.19. The summed E-state index contributed by atoms with van der Waals surface area (Å²) in [6.45, 7) is 1.98. The molecule has 1 aromatic carbocycles. The predicted molar refractivity (Wildman–Crippen MR) is 92.7 cm³/mol. The number of amides is 2. The number of carbonyl (C=O) groups excluding carboxylic acids is 2. The largest absolute Gasteiger partial charge is 0.468 e. The van der Waals surface area contributed by atoms with Crippen molar-refractivity contribution in [3.05, 3.63) is 53.2 Å². The molecule has 0 saturated heterocycles. The Bertz CT molecular complexity index is 801. The summed E-state index contributed by atoms with van der Waals surface area (Å²) in [6, 6.07) is 8.00. The highest BCUT2D eigenvalue weighted by Gasteiger charge is 2.28. The van der Waals surface area contributed by atoms with Gasteiger partial charge in [-0.05, 0) is 31.0 Å². The fourth-order valence-corrected chi connectivity index (χ4v) is 2.21. The SMILES string of the molecule is Cc1cccc(C)c1NC(=O)CNC(=O)c1ccc(OCC(F)(F)F)nc1. The van der Waals surface area contributed by atoms with Crippen LogP contribution < -0.4 is 15.4 Å². The molecular formula is C18H18F3N3O3. The summed E-state index contributed by atoms with van der Waals surface area (Å²) in [6.07, 6.45) is -3.40. The summed E-state index contributed by atoms with van der Waals surface area (Å²) < 4.78 is 40.7. The number of anilines is 1. The van der Waals surface area contributed by atoms with E-state index in [1.165, 1.54) is 6.07 Å². The smallest absolute Gasteiger partial charge is 0.422 e. The summed E-state index contributed by atoms with van der Waals surface area (Å²) in [4.78, 5) is 27.7. The number of pyridine rings is 1. The van der Waals surface area contributed by atoms with Crippen molar-refractivity contribution in [2.24, 2.45) is 0 Å². The number of para-hydroxylation sites is 1. The van der Waals surface area contributed by atoms with Crippen LogP contribution in [0.3, 0.4) is 0 Å². The molecule has 0 aliphatic rings. The van der Waals surface area contributed by atoms with E-state index >= 15 is 0 Å². The molecule has 1 heterocycles. The lowest BCUT2D eigenvalue weighted by Gasteiger charge is -2.12. The van der Waals surface area contributed by atoms with E-state index in [9.17, 15) is 22.8 Å². The number of benzene rings is 1. The van der Waals surface area contributed by atoms with Crippen LogP contribution in [-0.4, -0.2) is 36.1 Å². The van der Waals surface area contributed by atoms with Crippen molar-refractivity contribution in [2.45, 2.75) is 20.0 Å². The minimum Gasteiger partial charge on any atom is -0.468 e. The van der Waals surface area contributed by atoms with Crippen LogP contribution in [0.2, 0.25) is 0 Å². The van der Waals surface area contributed by atoms with E-state index in [1.807, 2.05) is 32.0 Å². The van der Waals surface area contributed by atoms with Crippen molar-refractivity contribution in [3.8, 4) is 5.88 Å². The van der Waals surface area contributed by atoms with E-state index in [0.717, 1.165) is 23.4 Å². The first kappa shape index (κ1) is 20.2. The molecule has 2 amide bonds. The maximum absolute atomic E-state index is 12.1. The molecule has 0 radical (unpaired) electrons. The van der Waals surface area contributed by atoms with Gasteiger partial charge in [0.05, 0.1) is 12.1 Å². The molecule has 2 aromatic rings. The molecule has 27 heavy (non-hydrogen) atoms. The summed E-state index contributed by atoms with van der Waals surface area (Å²) in [5.74, 6) is -1.24. The lowest BCUT2D eigenvalue weighted by Crippen LogP contribution is -2.33. The maximum atomic E-state index is 12.1. The Morgan fingerprint density at radius 2 is 1.78 bits per heavy atom. The van der Waals surface area contributed by atoms with Gasteiger partial charge < -0.3 is 15.4 Å². The molecule has 2 N–H and O–H groups in total. The zero-order chi connectivity index (χ0) is 20.0. The number of aryl methyl sites for hydroxylation is 2. The normalized spacial score (nSPS) is 11.0. The molecule has 0 atom stereocenters. The first-order valence-electron chi connectivity index (χ1n) is 7.95. The minimum absolute atomic E-state index is 0.0919. The van der Waals surface area contributed by atoms with Gasteiger partial charge in [-0.15, -0.1) is 0 Å². The maximum Gasteiger partial charge on any atom is 0.422 e. The molecule has 0 bridgehead atoms. The first-order chi connectivity index (χ1) is 12.7. The Kier molecular flexibility index (Phi) is 6.38. The first-order valence-corrected chi connectivity index (χ1v) is 7.95. The number of hydrogen-bond donors (Lipinski definition) is 2. The minimum atomic E-state index is -4.47. The topological polar surface area (TPSA) is 80.3 Å². The van der Waals surface area contributed by atoms with Crippen molar-refractivity contribution in [2.75, 3.05) is 18.5 Å². The molecule has 9 heteroatoms. The second kappa shape index (κ2) is 8.52. The van der Waals surface area contributed by atoms with Crippen molar-refractivity contribution >= 4 is 17.5 Å². The van der Waals surface area contributed by atoms with Crippen LogP contribution in [0.25, 0.3) is 0 Å². The van der Waals surface area contributed by atoms with Gasteiger partial charge in [0.15, 0.2) is 6.61 Å².